The van der Waals surface area contributed by atoms with E-state index in [-0.39, 0.29) is 11.2 Å². The second-order valence-electron chi connectivity index (χ2n) is 5.83. The molecule has 1 aromatic carbocycles. The molecule has 2 aromatic rings. The number of hydrogen-bond donors (Lipinski definition) is 0. The van der Waals surface area contributed by atoms with Crippen molar-refractivity contribution in [2.45, 2.75) is 26.4 Å². The molecule has 0 N–H and O–H groups in total. The molecule has 0 saturated carbocycles. The number of nitro benzene ring substituents is 1. The Hall–Kier alpha value is -2.54. The molecule has 1 aliphatic heterocycles. The predicted molar refractivity (Wildman–Crippen MR) is 85.1 cm³/mol. The number of aromatic nitrogens is 2. The zero-order chi connectivity index (χ0) is 16.6. The summed E-state index contributed by atoms with van der Waals surface area (Å²) >= 11 is 0. The third kappa shape index (κ3) is 3.00. The van der Waals surface area contributed by atoms with Crippen LogP contribution in [-0.2, 0) is 26.6 Å². The van der Waals surface area contributed by atoms with Crippen LogP contribution in [0.15, 0.2) is 29.1 Å². The van der Waals surface area contributed by atoms with Crippen LogP contribution < -0.4 is 5.56 Å². The van der Waals surface area contributed by atoms with E-state index in [0.717, 1.165) is 35.6 Å². The van der Waals surface area contributed by atoms with Gasteiger partial charge in [-0.2, -0.15) is 0 Å². The Kier molecular flexibility index (Phi) is 3.96. The molecule has 2 heterocycles. The highest BCUT2D eigenvalue weighted by Gasteiger charge is 2.22. The summed E-state index contributed by atoms with van der Waals surface area (Å²) in [5.74, 6) is 0.734. The number of fused-ring (bicyclic) bond motifs is 1. The fourth-order valence-electron chi connectivity index (χ4n) is 2.86. The second-order valence-corrected chi connectivity index (χ2v) is 5.83. The quantitative estimate of drug-likeness (QED) is 0.634. The summed E-state index contributed by atoms with van der Waals surface area (Å²) in [6, 6.07) is 6.55. The third-order valence-electron chi connectivity index (χ3n) is 4.29. The zero-order valence-electron chi connectivity index (χ0n) is 13.2. The minimum Gasteiger partial charge on any atom is -0.300 e. The van der Waals surface area contributed by atoms with Gasteiger partial charge in [0.1, 0.15) is 5.82 Å². The number of nitrogens with zero attached hydrogens (tertiary/aromatic N) is 4. The maximum Gasteiger partial charge on any atom is 0.269 e. The molecule has 0 radical (unpaired) electrons. The number of benzene rings is 1. The number of rotatable bonds is 3. The molecule has 0 unspecified atom stereocenters. The molecule has 7 nitrogen and oxygen atoms in total. The maximum atomic E-state index is 12.4. The minimum absolute atomic E-state index is 0.0147. The van der Waals surface area contributed by atoms with Crippen molar-refractivity contribution in [1.29, 1.82) is 0 Å². The van der Waals surface area contributed by atoms with Crippen molar-refractivity contribution in [3.05, 3.63) is 67.4 Å². The van der Waals surface area contributed by atoms with Crippen LogP contribution in [-0.4, -0.2) is 25.9 Å². The van der Waals surface area contributed by atoms with E-state index < -0.39 is 4.92 Å². The Bertz CT molecular complexity index is 811. The van der Waals surface area contributed by atoms with Crippen molar-refractivity contribution < 1.29 is 4.92 Å². The molecular weight excluding hydrogens is 296 g/mol. The number of nitro groups is 1. The summed E-state index contributed by atoms with van der Waals surface area (Å²) in [7, 11) is 1.74. The molecule has 0 saturated heterocycles. The zero-order valence-corrected chi connectivity index (χ0v) is 13.2. The average Bonchev–Trinajstić information content (AvgIpc) is 2.54. The highest BCUT2D eigenvalue weighted by atomic mass is 16.6. The highest BCUT2D eigenvalue weighted by molar-refractivity contribution is 5.33. The van der Waals surface area contributed by atoms with Gasteiger partial charge in [-0.15, -0.1) is 0 Å². The van der Waals surface area contributed by atoms with Crippen LogP contribution in [0, 0.1) is 17.0 Å². The molecule has 23 heavy (non-hydrogen) atoms. The lowest BCUT2D eigenvalue weighted by Gasteiger charge is -2.28. The highest BCUT2D eigenvalue weighted by Crippen LogP contribution is 2.18. The number of hydrogen-bond acceptors (Lipinski definition) is 5. The molecule has 0 spiro atoms. The van der Waals surface area contributed by atoms with Crippen molar-refractivity contribution in [2.75, 3.05) is 6.54 Å². The van der Waals surface area contributed by atoms with Gasteiger partial charge >= 0.3 is 0 Å². The van der Waals surface area contributed by atoms with Crippen LogP contribution in [0.3, 0.4) is 0 Å². The van der Waals surface area contributed by atoms with Gasteiger partial charge in [0.15, 0.2) is 0 Å². The Balaban J connectivity index is 1.78. The van der Waals surface area contributed by atoms with Crippen molar-refractivity contribution in [3.63, 3.8) is 0 Å². The van der Waals surface area contributed by atoms with Crippen LogP contribution in [0.1, 0.15) is 22.6 Å². The van der Waals surface area contributed by atoms with Crippen molar-refractivity contribution in [1.82, 2.24) is 14.5 Å². The SMILES string of the molecule is Cc1nc2c(c(=O)n1C)CN(Cc1ccc([N+](=O)[O-])cc1)CC2. The smallest absolute Gasteiger partial charge is 0.269 e. The van der Waals surface area contributed by atoms with Crippen molar-refractivity contribution in [3.8, 4) is 0 Å². The summed E-state index contributed by atoms with van der Waals surface area (Å²) in [6.07, 6.45) is 0.749. The van der Waals surface area contributed by atoms with Crippen LogP contribution >= 0.6 is 0 Å². The Morgan fingerprint density at radius 1 is 1.30 bits per heavy atom. The first-order valence-electron chi connectivity index (χ1n) is 7.47. The second kappa shape index (κ2) is 5.92. The van der Waals surface area contributed by atoms with Gasteiger partial charge in [-0.1, -0.05) is 12.1 Å². The fraction of sp³-hybridized carbons (Fsp3) is 0.375. The summed E-state index contributed by atoms with van der Waals surface area (Å²) in [4.78, 5) is 29.3. The van der Waals surface area contributed by atoms with E-state index in [1.807, 2.05) is 6.92 Å². The Morgan fingerprint density at radius 3 is 2.65 bits per heavy atom. The first-order chi connectivity index (χ1) is 11.0. The van der Waals surface area contributed by atoms with Gasteiger partial charge in [0.05, 0.1) is 16.2 Å². The molecule has 0 aliphatic carbocycles. The fourth-order valence-corrected chi connectivity index (χ4v) is 2.86. The van der Waals surface area contributed by atoms with E-state index in [9.17, 15) is 14.9 Å². The lowest BCUT2D eigenvalue weighted by Crippen LogP contribution is -2.37. The summed E-state index contributed by atoms with van der Waals surface area (Å²) in [5.41, 5.74) is 2.75. The average molecular weight is 314 g/mol. The maximum absolute atomic E-state index is 12.4. The van der Waals surface area contributed by atoms with Crippen LogP contribution in [0.4, 0.5) is 5.69 Å². The van der Waals surface area contributed by atoms with E-state index in [2.05, 4.69) is 9.88 Å². The predicted octanol–water partition coefficient (Wildman–Crippen LogP) is 1.56. The number of non-ortho nitro benzene ring substituents is 1. The van der Waals surface area contributed by atoms with Gasteiger partial charge in [0.25, 0.3) is 11.2 Å². The Labute approximate surface area is 133 Å². The first kappa shape index (κ1) is 15.4. The van der Waals surface area contributed by atoms with E-state index >= 15 is 0 Å². The number of aryl methyl sites for hydroxylation is 1. The molecule has 0 amide bonds. The van der Waals surface area contributed by atoms with Gasteiger partial charge in [-0.25, -0.2) is 4.98 Å². The summed E-state index contributed by atoms with van der Waals surface area (Å²) < 4.78 is 1.58. The first-order valence-corrected chi connectivity index (χ1v) is 7.47. The summed E-state index contributed by atoms with van der Waals surface area (Å²) in [5, 5.41) is 10.7. The monoisotopic (exact) mass is 314 g/mol. The third-order valence-corrected chi connectivity index (χ3v) is 4.29. The molecule has 0 atom stereocenters. The lowest BCUT2D eigenvalue weighted by molar-refractivity contribution is -0.384. The molecule has 0 bridgehead atoms. The van der Waals surface area contributed by atoms with E-state index in [1.165, 1.54) is 12.1 Å². The van der Waals surface area contributed by atoms with Gasteiger partial charge in [0.2, 0.25) is 0 Å². The van der Waals surface area contributed by atoms with Gasteiger partial charge in [-0.3, -0.25) is 24.4 Å². The van der Waals surface area contributed by atoms with Gasteiger partial charge in [-0.05, 0) is 12.5 Å². The molecule has 3 rings (SSSR count). The molecule has 120 valence electrons. The molecule has 7 heteroatoms. The molecule has 1 aliphatic rings. The molecular formula is C16H18N4O3. The van der Waals surface area contributed by atoms with Crippen molar-refractivity contribution >= 4 is 5.69 Å². The standard InChI is InChI=1S/C16H18N4O3/c1-11-17-15-7-8-19(10-14(15)16(21)18(11)2)9-12-3-5-13(6-4-12)20(22)23/h3-6H,7-10H2,1-2H3. The van der Waals surface area contributed by atoms with E-state index in [1.54, 1.807) is 23.7 Å². The largest absolute Gasteiger partial charge is 0.300 e. The Morgan fingerprint density at radius 2 is 2.00 bits per heavy atom. The van der Waals surface area contributed by atoms with Crippen molar-refractivity contribution in [2.24, 2.45) is 7.05 Å². The topological polar surface area (TPSA) is 81.3 Å². The van der Waals surface area contributed by atoms with E-state index in [0.29, 0.717) is 13.1 Å². The molecule has 0 fully saturated rings. The van der Waals surface area contributed by atoms with Crippen LogP contribution in [0.2, 0.25) is 0 Å². The normalized spacial score (nSPS) is 14.5. The summed E-state index contributed by atoms with van der Waals surface area (Å²) in [6.45, 7) is 3.88. The van der Waals surface area contributed by atoms with Gasteiger partial charge in [0, 0.05) is 45.2 Å². The molecule has 1 aromatic heterocycles. The van der Waals surface area contributed by atoms with Crippen LogP contribution in [0.5, 0.6) is 0 Å². The van der Waals surface area contributed by atoms with Crippen LogP contribution in [0.25, 0.3) is 0 Å². The van der Waals surface area contributed by atoms with Gasteiger partial charge < -0.3 is 0 Å². The van der Waals surface area contributed by atoms with E-state index in [4.69, 9.17) is 0 Å². The lowest BCUT2D eigenvalue weighted by atomic mass is 10.1. The minimum atomic E-state index is -0.404.